The van der Waals surface area contributed by atoms with Crippen LogP contribution >= 0.6 is 0 Å². The number of nitrogens with zero attached hydrogens (tertiary/aromatic N) is 4. The Kier molecular flexibility index (Phi) is 5.58. The molecule has 1 saturated heterocycles. The molecule has 0 radical (unpaired) electrons. The van der Waals surface area contributed by atoms with Gasteiger partial charge in [-0.3, -0.25) is 4.72 Å². The average molecular weight is 448 g/mol. The van der Waals surface area contributed by atoms with Crippen molar-refractivity contribution in [1.82, 2.24) is 9.97 Å². The van der Waals surface area contributed by atoms with Crippen LogP contribution in [0, 0.1) is 0 Å². The first-order chi connectivity index (χ1) is 14.7. The van der Waals surface area contributed by atoms with Crippen molar-refractivity contribution >= 4 is 33.5 Å². The highest BCUT2D eigenvalue weighted by atomic mass is 32.2. The van der Waals surface area contributed by atoms with Gasteiger partial charge in [0.1, 0.15) is 18.2 Å². The lowest BCUT2D eigenvalue weighted by molar-refractivity contribution is 0.122. The smallest absolute Gasteiger partial charge is 0.344 e. The first-order valence-electron chi connectivity index (χ1n) is 9.81. The zero-order valence-corrected chi connectivity index (χ0v) is 18.1. The molecule has 1 aromatic carbocycles. The summed E-state index contributed by atoms with van der Waals surface area (Å²) in [6.07, 6.45) is 1.72. The summed E-state index contributed by atoms with van der Waals surface area (Å²) in [6.45, 7) is 7.02. The highest BCUT2D eigenvalue weighted by Crippen LogP contribution is 2.31. The van der Waals surface area contributed by atoms with Crippen LogP contribution in [-0.4, -0.2) is 62.7 Å². The molecular weight excluding hydrogens is 422 g/mol. The fraction of sp³-hybridized carbons (Fsp3) is 0.421. The quantitative estimate of drug-likeness (QED) is 0.589. The molecule has 12 heteroatoms. The van der Waals surface area contributed by atoms with E-state index in [1.165, 1.54) is 0 Å². The van der Waals surface area contributed by atoms with Gasteiger partial charge in [0, 0.05) is 19.3 Å². The lowest BCUT2D eigenvalue weighted by atomic mass is 10.1. The summed E-state index contributed by atoms with van der Waals surface area (Å²) in [4.78, 5) is 11.1. The van der Waals surface area contributed by atoms with E-state index in [4.69, 9.17) is 15.2 Å². The average Bonchev–Trinajstić information content (AvgIpc) is 2.71. The first-order valence-corrected chi connectivity index (χ1v) is 11.2. The van der Waals surface area contributed by atoms with E-state index in [1.807, 2.05) is 13.8 Å². The van der Waals surface area contributed by atoms with E-state index in [0.717, 1.165) is 13.1 Å². The second-order valence-electron chi connectivity index (χ2n) is 7.87. The van der Waals surface area contributed by atoms with Gasteiger partial charge in [-0.15, -0.1) is 4.40 Å². The fourth-order valence-corrected chi connectivity index (χ4v) is 4.16. The van der Waals surface area contributed by atoms with Crippen LogP contribution in [0.2, 0.25) is 0 Å². The van der Waals surface area contributed by atoms with Crippen molar-refractivity contribution in [3.05, 3.63) is 36.0 Å². The number of hydrogen-bond donors (Lipinski definition) is 3. The van der Waals surface area contributed by atoms with Crippen molar-refractivity contribution in [2.45, 2.75) is 19.4 Å². The van der Waals surface area contributed by atoms with Crippen LogP contribution in [0.3, 0.4) is 0 Å². The third kappa shape index (κ3) is 4.97. The van der Waals surface area contributed by atoms with Crippen LogP contribution < -0.4 is 25.4 Å². The maximum Gasteiger partial charge on any atom is 0.344 e. The minimum Gasteiger partial charge on any atom is -0.490 e. The van der Waals surface area contributed by atoms with Gasteiger partial charge in [0.25, 0.3) is 0 Å². The summed E-state index contributed by atoms with van der Waals surface area (Å²) < 4.78 is 40.7. The largest absolute Gasteiger partial charge is 0.490 e. The van der Waals surface area contributed by atoms with E-state index in [9.17, 15) is 8.42 Å². The Bertz CT molecular complexity index is 1100. The minimum absolute atomic E-state index is 0.110. The van der Waals surface area contributed by atoms with Gasteiger partial charge in [0.15, 0.2) is 5.84 Å². The number of morpholine rings is 1. The monoisotopic (exact) mass is 447 g/mol. The number of rotatable bonds is 6. The highest BCUT2D eigenvalue weighted by molar-refractivity contribution is 7.91. The first kappa shape index (κ1) is 21.1. The Hall–Kier alpha value is -3.12. The fourth-order valence-electron chi connectivity index (χ4n) is 3.31. The molecular formula is C19H25N7O4S. The van der Waals surface area contributed by atoms with Crippen LogP contribution in [0.4, 0.5) is 17.5 Å². The third-order valence-electron chi connectivity index (χ3n) is 4.73. The molecule has 0 bridgehead atoms. The van der Waals surface area contributed by atoms with E-state index in [0.29, 0.717) is 42.0 Å². The number of benzene rings is 1. The highest BCUT2D eigenvalue weighted by Gasteiger charge is 2.26. The van der Waals surface area contributed by atoms with Crippen molar-refractivity contribution < 1.29 is 17.9 Å². The van der Waals surface area contributed by atoms with Crippen molar-refractivity contribution in [3.8, 4) is 5.75 Å². The van der Waals surface area contributed by atoms with Crippen LogP contribution in [0.5, 0.6) is 5.75 Å². The predicted molar refractivity (Wildman–Crippen MR) is 118 cm³/mol. The molecule has 2 aromatic rings. The zero-order valence-electron chi connectivity index (χ0n) is 17.3. The van der Waals surface area contributed by atoms with Crippen molar-refractivity contribution in [2.75, 3.05) is 47.8 Å². The number of nitrogens with one attached hydrogen (secondary N) is 2. The Morgan fingerprint density at radius 2 is 2.06 bits per heavy atom. The normalized spacial score (nSPS) is 17.9. The van der Waals surface area contributed by atoms with E-state index in [1.54, 1.807) is 30.5 Å². The molecule has 1 aromatic heterocycles. The molecule has 0 aliphatic carbocycles. The molecule has 2 aliphatic rings. The Morgan fingerprint density at radius 3 is 2.84 bits per heavy atom. The van der Waals surface area contributed by atoms with Gasteiger partial charge >= 0.3 is 10.2 Å². The Morgan fingerprint density at radius 1 is 1.29 bits per heavy atom. The molecule has 0 saturated carbocycles. The van der Waals surface area contributed by atoms with Gasteiger partial charge in [-0.25, -0.2) is 4.98 Å². The molecule has 0 amide bonds. The molecule has 0 atom stereocenters. The van der Waals surface area contributed by atoms with E-state index in [-0.39, 0.29) is 12.4 Å². The number of anilines is 3. The Balaban J connectivity index is 1.46. The van der Waals surface area contributed by atoms with E-state index >= 15 is 0 Å². The number of fused-ring (bicyclic) bond motifs is 1. The summed E-state index contributed by atoms with van der Waals surface area (Å²) in [7, 11) is -3.84. The summed E-state index contributed by atoms with van der Waals surface area (Å²) in [5, 5.41) is 3.37. The topological polar surface area (TPSA) is 144 Å². The van der Waals surface area contributed by atoms with Gasteiger partial charge in [-0.2, -0.15) is 13.4 Å². The predicted octanol–water partition coefficient (Wildman–Crippen LogP) is 0.958. The summed E-state index contributed by atoms with van der Waals surface area (Å²) >= 11 is 0. The number of ether oxygens (including phenoxy) is 2. The SMILES string of the molecule is CC(C)(COc1cccc2c1C(N)=NS(=O)(=O)N2)Nc1ccnc(N2CCOCC2)n1. The maximum absolute atomic E-state index is 11.7. The van der Waals surface area contributed by atoms with Crippen molar-refractivity contribution in [3.63, 3.8) is 0 Å². The van der Waals surface area contributed by atoms with E-state index < -0.39 is 15.7 Å². The van der Waals surface area contributed by atoms with Gasteiger partial charge in [0.05, 0.1) is 30.0 Å². The summed E-state index contributed by atoms with van der Waals surface area (Å²) in [5.74, 6) is 1.65. The van der Waals surface area contributed by atoms with Crippen LogP contribution in [0.15, 0.2) is 34.9 Å². The molecule has 31 heavy (non-hydrogen) atoms. The molecule has 0 unspecified atom stereocenters. The molecule has 2 aliphatic heterocycles. The molecule has 3 heterocycles. The molecule has 4 rings (SSSR count). The van der Waals surface area contributed by atoms with Crippen molar-refractivity contribution in [1.29, 1.82) is 0 Å². The molecule has 0 spiro atoms. The molecule has 4 N–H and O–H groups in total. The maximum atomic E-state index is 11.7. The van der Waals surface area contributed by atoms with Gasteiger partial charge in [-0.1, -0.05) is 6.07 Å². The number of aromatic nitrogens is 2. The van der Waals surface area contributed by atoms with Crippen LogP contribution in [0.1, 0.15) is 19.4 Å². The van der Waals surface area contributed by atoms with E-state index in [2.05, 4.69) is 29.3 Å². The lowest BCUT2D eigenvalue weighted by Gasteiger charge is -2.29. The molecule has 1 fully saturated rings. The zero-order chi connectivity index (χ0) is 22.1. The lowest BCUT2D eigenvalue weighted by Crippen LogP contribution is -2.39. The minimum atomic E-state index is -3.84. The second-order valence-corrected chi connectivity index (χ2v) is 9.21. The number of nitrogens with two attached hydrogens (primary N) is 1. The summed E-state index contributed by atoms with van der Waals surface area (Å²) in [5.41, 5.74) is 6.13. The van der Waals surface area contributed by atoms with Crippen molar-refractivity contribution in [2.24, 2.45) is 10.1 Å². The van der Waals surface area contributed by atoms with Gasteiger partial charge in [-0.05, 0) is 32.0 Å². The third-order valence-corrected chi connectivity index (χ3v) is 5.65. The van der Waals surface area contributed by atoms with Gasteiger partial charge < -0.3 is 25.4 Å². The standard InChI is InChI=1S/C19H25N7O4S/c1-19(2,23-15-6-7-21-18(22-15)26-8-10-29-11-9-26)12-30-14-5-3-4-13-16(14)17(20)25-31(27,28)24-13/h3-7,24H,8-12H2,1-2H3,(H2,20,25)(H,21,22,23). The van der Waals surface area contributed by atoms with Crippen LogP contribution in [0.25, 0.3) is 0 Å². The van der Waals surface area contributed by atoms with Crippen LogP contribution in [-0.2, 0) is 14.9 Å². The number of hydrogen-bond acceptors (Lipinski definition) is 9. The second kappa shape index (κ2) is 8.19. The molecule has 166 valence electrons. The summed E-state index contributed by atoms with van der Waals surface area (Å²) in [6, 6.07) is 6.82. The van der Waals surface area contributed by atoms with Gasteiger partial charge in [0.2, 0.25) is 5.95 Å². The number of amidine groups is 1. The Labute approximate surface area is 180 Å². The molecule has 11 nitrogen and oxygen atoms in total.